The van der Waals surface area contributed by atoms with E-state index in [9.17, 15) is 4.39 Å². The summed E-state index contributed by atoms with van der Waals surface area (Å²) in [5.74, 6) is -0.204. The number of nitrogens with two attached hydrogens (primary N) is 1. The van der Waals surface area contributed by atoms with E-state index in [1.165, 1.54) is 6.07 Å². The van der Waals surface area contributed by atoms with Crippen LogP contribution in [0.2, 0.25) is 0 Å². The minimum Gasteiger partial charge on any atom is -0.372 e. The fraction of sp³-hybridized carbons (Fsp3) is 0.625. The molecule has 0 amide bonds. The van der Waals surface area contributed by atoms with E-state index >= 15 is 0 Å². The van der Waals surface area contributed by atoms with Crippen molar-refractivity contribution in [3.63, 3.8) is 0 Å². The van der Waals surface area contributed by atoms with Crippen LogP contribution in [-0.2, 0) is 6.54 Å². The minimum absolute atomic E-state index is 0.204. The van der Waals surface area contributed by atoms with Gasteiger partial charge in [0.15, 0.2) is 0 Å². The Kier molecular flexibility index (Phi) is 7.55. The van der Waals surface area contributed by atoms with Gasteiger partial charge in [0.1, 0.15) is 5.82 Å². The number of halogens is 1. The van der Waals surface area contributed by atoms with Crippen molar-refractivity contribution < 1.29 is 4.39 Å². The third kappa shape index (κ3) is 5.10. The summed E-state index contributed by atoms with van der Waals surface area (Å²) in [6.07, 6.45) is 1.09. The molecule has 114 valence electrons. The van der Waals surface area contributed by atoms with Crippen LogP contribution in [0.15, 0.2) is 18.2 Å². The molecule has 0 fully saturated rings. The van der Waals surface area contributed by atoms with E-state index in [2.05, 4.69) is 30.6 Å². The van der Waals surface area contributed by atoms with Crippen LogP contribution >= 0.6 is 0 Å². The molecule has 4 heteroatoms. The molecular weight excluding hydrogens is 253 g/mol. The SMILES string of the molecule is CCN(CC)CCCN(CC)c1cc(F)cc(CN)c1. The zero-order chi connectivity index (χ0) is 15.0. The highest BCUT2D eigenvalue weighted by Gasteiger charge is 2.08. The number of anilines is 1. The summed E-state index contributed by atoms with van der Waals surface area (Å²) in [7, 11) is 0. The quantitative estimate of drug-likeness (QED) is 0.755. The van der Waals surface area contributed by atoms with Crippen LogP contribution in [0.5, 0.6) is 0 Å². The Morgan fingerprint density at radius 3 is 2.25 bits per heavy atom. The Hall–Kier alpha value is -1.13. The number of benzene rings is 1. The number of hydrogen-bond donors (Lipinski definition) is 1. The fourth-order valence-corrected chi connectivity index (χ4v) is 2.43. The summed E-state index contributed by atoms with van der Waals surface area (Å²) >= 11 is 0. The highest BCUT2D eigenvalue weighted by molar-refractivity contribution is 5.49. The summed E-state index contributed by atoms with van der Waals surface area (Å²) in [5, 5.41) is 0. The zero-order valence-corrected chi connectivity index (χ0v) is 13.0. The molecular formula is C16H28FN3. The van der Waals surface area contributed by atoms with Crippen molar-refractivity contribution in [1.82, 2.24) is 4.90 Å². The van der Waals surface area contributed by atoms with Crippen molar-refractivity contribution >= 4 is 5.69 Å². The van der Waals surface area contributed by atoms with Gasteiger partial charge in [-0.05, 0) is 56.7 Å². The van der Waals surface area contributed by atoms with Crippen molar-refractivity contribution in [1.29, 1.82) is 0 Å². The molecule has 2 N–H and O–H groups in total. The zero-order valence-electron chi connectivity index (χ0n) is 13.0. The predicted molar refractivity (Wildman–Crippen MR) is 84.6 cm³/mol. The third-order valence-corrected chi connectivity index (χ3v) is 3.72. The number of rotatable bonds is 9. The van der Waals surface area contributed by atoms with Crippen LogP contribution in [0.25, 0.3) is 0 Å². The molecule has 0 saturated heterocycles. The summed E-state index contributed by atoms with van der Waals surface area (Å²) in [4.78, 5) is 4.62. The molecule has 0 aliphatic rings. The first kappa shape index (κ1) is 16.9. The average Bonchev–Trinajstić information content (AvgIpc) is 2.47. The summed E-state index contributed by atoms with van der Waals surface area (Å²) in [6.45, 7) is 11.9. The molecule has 20 heavy (non-hydrogen) atoms. The van der Waals surface area contributed by atoms with Gasteiger partial charge >= 0.3 is 0 Å². The van der Waals surface area contributed by atoms with Gasteiger partial charge in [0.25, 0.3) is 0 Å². The van der Waals surface area contributed by atoms with Gasteiger partial charge in [-0.15, -0.1) is 0 Å². The molecule has 0 aliphatic heterocycles. The van der Waals surface area contributed by atoms with E-state index < -0.39 is 0 Å². The first-order chi connectivity index (χ1) is 9.64. The smallest absolute Gasteiger partial charge is 0.125 e. The lowest BCUT2D eigenvalue weighted by Gasteiger charge is -2.25. The maximum absolute atomic E-state index is 13.6. The number of nitrogens with zero attached hydrogens (tertiary/aromatic N) is 2. The Morgan fingerprint density at radius 2 is 1.70 bits per heavy atom. The summed E-state index contributed by atoms with van der Waals surface area (Å²) in [6, 6.07) is 5.09. The fourth-order valence-electron chi connectivity index (χ4n) is 2.43. The molecule has 3 nitrogen and oxygen atoms in total. The molecule has 0 bridgehead atoms. The molecule has 1 rings (SSSR count). The van der Waals surface area contributed by atoms with Crippen LogP contribution in [-0.4, -0.2) is 37.6 Å². The molecule has 0 radical (unpaired) electrons. The molecule has 0 unspecified atom stereocenters. The van der Waals surface area contributed by atoms with Gasteiger partial charge in [-0.3, -0.25) is 0 Å². The lowest BCUT2D eigenvalue weighted by molar-refractivity contribution is 0.301. The van der Waals surface area contributed by atoms with E-state index in [0.717, 1.165) is 50.4 Å². The average molecular weight is 281 g/mol. The van der Waals surface area contributed by atoms with Crippen molar-refractivity contribution in [2.24, 2.45) is 5.73 Å². The van der Waals surface area contributed by atoms with E-state index in [1.54, 1.807) is 6.07 Å². The second kappa shape index (κ2) is 8.93. The molecule has 0 atom stereocenters. The van der Waals surface area contributed by atoms with E-state index in [1.807, 2.05) is 6.07 Å². The standard InChI is InChI=1S/C16H28FN3/c1-4-19(5-2)8-7-9-20(6-3)16-11-14(13-18)10-15(17)12-16/h10-12H,4-9,13,18H2,1-3H3. The topological polar surface area (TPSA) is 32.5 Å². The molecule has 1 aromatic carbocycles. The van der Waals surface area contributed by atoms with Crippen molar-refractivity contribution in [3.8, 4) is 0 Å². The van der Waals surface area contributed by atoms with Crippen LogP contribution in [0, 0.1) is 5.82 Å². The second-order valence-electron chi connectivity index (χ2n) is 4.98. The van der Waals surface area contributed by atoms with E-state index in [4.69, 9.17) is 5.73 Å². The van der Waals surface area contributed by atoms with Crippen molar-refractivity contribution in [2.75, 3.05) is 37.6 Å². The highest BCUT2D eigenvalue weighted by Crippen LogP contribution is 2.19. The normalized spacial score (nSPS) is 11.1. The Morgan fingerprint density at radius 1 is 1.00 bits per heavy atom. The molecule has 1 aromatic rings. The Bertz CT molecular complexity index is 391. The maximum atomic E-state index is 13.6. The lowest BCUT2D eigenvalue weighted by atomic mass is 10.1. The third-order valence-electron chi connectivity index (χ3n) is 3.72. The number of hydrogen-bond acceptors (Lipinski definition) is 3. The van der Waals surface area contributed by atoms with Gasteiger partial charge in [-0.2, -0.15) is 0 Å². The van der Waals surface area contributed by atoms with E-state index in [0.29, 0.717) is 6.54 Å². The van der Waals surface area contributed by atoms with Gasteiger partial charge in [0, 0.05) is 25.3 Å². The first-order valence-electron chi connectivity index (χ1n) is 7.61. The molecule has 0 aliphatic carbocycles. The largest absolute Gasteiger partial charge is 0.372 e. The van der Waals surface area contributed by atoms with Crippen LogP contribution in [0.4, 0.5) is 10.1 Å². The van der Waals surface area contributed by atoms with Gasteiger partial charge in [-0.25, -0.2) is 4.39 Å². The second-order valence-corrected chi connectivity index (χ2v) is 4.98. The Labute approximate surface area is 122 Å². The summed E-state index contributed by atoms with van der Waals surface area (Å²) < 4.78 is 13.6. The maximum Gasteiger partial charge on any atom is 0.125 e. The van der Waals surface area contributed by atoms with E-state index in [-0.39, 0.29) is 5.82 Å². The van der Waals surface area contributed by atoms with Crippen LogP contribution in [0.3, 0.4) is 0 Å². The van der Waals surface area contributed by atoms with Crippen molar-refractivity contribution in [2.45, 2.75) is 33.7 Å². The lowest BCUT2D eigenvalue weighted by Crippen LogP contribution is -2.30. The van der Waals surface area contributed by atoms with Gasteiger partial charge in [0.05, 0.1) is 0 Å². The van der Waals surface area contributed by atoms with Crippen LogP contribution in [0.1, 0.15) is 32.8 Å². The van der Waals surface area contributed by atoms with Crippen molar-refractivity contribution in [3.05, 3.63) is 29.6 Å². The first-order valence-corrected chi connectivity index (χ1v) is 7.61. The molecule has 0 heterocycles. The highest BCUT2D eigenvalue weighted by atomic mass is 19.1. The van der Waals surface area contributed by atoms with Gasteiger partial charge in [-0.1, -0.05) is 13.8 Å². The molecule has 0 spiro atoms. The Balaban J connectivity index is 2.64. The molecule has 0 aromatic heterocycles. The summed E-state index contributed by atoms with van der Waals surface area (Å²) in [5.41, 5.74) is 7.40. The minimum atomic E-state index is -0.204. The predicted octanol–water partition coefficient (Wildman–Crippen LogP) is 2.84. The molecule has 0 saturated carbocycles. The van der Waals surface area contributed by atoms with Crippen LogP contribution < -0.4 is 10.6 Å². The van der Waals surface area contributed by atoms with Gasteiger partial charge in [0.2, 0.25) is 0 Å². The van der Waals surface area contributed by atoms with Gasteiger partial charge < -0.3 is 15.5 Å². The monoisotopic (exact) mass is 281 g/mol.